The third-order valence-corrected chi connectivity index (χ3v) is 5.58. The average Bonchev–Trinajstić information content (AvgIpc) is 3.56. The van der Waals surface area contributed by atoms with Crippen molar-refractivity contribution < 1.29 is 17.6 Å². The first-order valence-electron chi connectivity index (χ1n) is 10.1. The minimum atomic E-state index is -4.51. The number of fused-ring (bicyclic) bond motifs is 2. The van der Waals surface area contributed by atoms with Gasteiger partial charge < -0.3 is 14.3 Å². The van der Waals surface area contributed by atoms with Crippen molar-refractivity contribution in [1.29, 1.82) is 0 Å². The van der Waals surface area contributed by atoms with E-state index in [2.05, 4.69) is 30.2 Å². The number of rotatable bonds is 3. The Labute approximate surface area is 183 Å². The van der Waals surface area contributed by atoms with E-state index >= 15 is 0 Å². The maximum Gasteiger partial charge on any atom is 0.418 e. The summed E-state index contributed by atoms with van der Waals surface area (Å²) in [6.45, 7) is 0.476. The molecule has 12 heteroatoms. The van der Waals surface area contributed by atoms with Crippen molar-refractivity contribution in [1.82, 2.24) is 34.8 Å². The van der Waals surface area contributed by atoms with Crippen molar-refractivity contribution in [2.45, 2.75) is 18.6 Å². The first-order valence-corrected chi connectivity index (χ1v) is 10.1. The van der Waals surface area contributed by atoms with Gasteiger partial charge in [0.25, 0.3) is 5.89 Å². The molecule has 1 aliphatic heterocycles. The van der Waals surface area contributed by atoms with Crippen LogP contribution in [0.4, 0.5) is 19.2 Å². The van der Waals surface area contributed by atoms with Crippen molar-refractivity contribution in [2.24, 2.45) is 0 Å². The van der Waals surface area contributed by atoms with Crippen LogP contribution in [0.2, 0.25) is 0 Å². The van der Waals surface area contributed by atoms with Gasteiger partial charge in [0.1, 0.15) is 11.7 Å². The fourth-order valence-corrected chi connectivity index (χ4v) is 4.11. The number of H-pyrrole nitrogens is 1. The first kappa shape index (κ1) is 19.5. The van der Waals surface area contributed by atoms with E-state index in [0.717, 1.165) is 11.8 Å². The van der Waals surface area contributed by atoms with Crippen LogP contribution < -0.4 is 4.90 Å². The van der Waals surface area contributed by atoms with Gasteiger partial charge in [-0.1, -0.05) is 11.2 Å². The minimum Gasteiger partial charge on any atom is -0.402 e. The van der Waals surface area contributed by atoms with E-state index in [0.29, 0.717) is 30.0 Å². The van der Waals surface area contributed by atoms with Crippen LogP contribution >= 0.6 is 0 Å². The summed E-state index contributed by atoms with van der Waals surface area (Å²) < 4.78 is 47.8. The largest absolute Gasteiger partial charge is 0.418 e. The predicted molar refractivity (Wildman–Crippen MR) is 109 cm³/mol. The van der Waals surface area contributed by atoms with Gasteiger partial charge in [-0.3, -0.25) is 4.98 Å². The summed E-state index contributed by atoms with van der Waals surface area (Å²) in [4.78, 5) is 13.5. The Morgan fingerprint density at radius 2 is 2.00 bits per heavy atom. The highest BCUT2D eigenvalue weighted by molar-refractivity contribution is 5.59. The molecule has 0 saturated heterocycles. The fraction of sp³-hybridized carbons (Fsp3) is 0.190. The number of alkyl halides is 3. The summed E-state index contributed by atoms with van der Waals surface area (Å²) in [7, 11) is 0. The van der Waals surface area contributed by atoms with Gasteiger partial charge >= 0.3 is 12.2 Å². The topological polar surface area (TPSA) is 101 Å². The van der Waals surface area contributed by atoms with Crippen molar-refractivity contribution in [3.8, 4) is 11.6 Å². The summed E-state index contributed by atoms with van der Waals surface area (Å²) in [6.07, 6.45) is 0.777. The molecule has 6 heterocycles. The van der Waals surface area contributed by atoms with E-state index < -0.39 is 17.8 Å². The molecule has 5 aromatic heterocycles. The van der Waals surface area contributed by atoms with Crippen LogP contribution in [0.25, 0.3) is 17.1 Å². The quantitative estimate of drug-likeness (QED) is 0.446. The second-order valence-corrected chi connectivity index (χ2v) is 7.54. The molecular formula is C21H15F3N8O. The molecule has 9 nitrogen and oxygen atoms in total. The number of imidazole rings is 1. The second-order valence-electron chi connectivity index (χ2n) is 7.54. The molecule has 0 saturated carbocycles. The number of aromatic nitrogens is 7. The van der Waals surface area contributed by atoms with Gasteiger partial charge in [-0.2, -0.15) is 18.3 Å². The van der Waals surface area contributed by atoms with Crippen LogP contribution in [0.15, 0.2) is 59.5 Å². The molecule has 6 rings (SSSR count). The van der Waals surface area contributed by atoms with Crippen LogP contribution in [0.1, 0.15) is 28.7 Å². The zero-order valence-electron chi connectivity index (χ0n) is 16.9. The molecule has 33 heavy (non-hydrogen) atoms. The van der Waals surface area contributed by atoms with Crippen molar-refractivity contribution in [3.63, 3.8) is 0 Å². The maximum atomic E-state index is 13.6. The standard InChI is InChI=1S/C21H15F3N8O/c22-21(23,24)12-4-3-8-32-16(12)10-15(30-32)18-17-13(26-11-27-17)6-9-31(18)20-29-28-19(33-20)14-5-1-2-7-25-14/h1-5,7-8,10-11,18H,6,9H2,(H,26,27)/t18-/m0/s1. The molecule has 0 spiro atoms. The van der Waals surface area contributed by atoms with E-state index in [9.17, 15) is 13.2 Å². The van der Waals surface area contributed by atoms with Crippen LogP contribution in [0, 0.1) is 0 Å². The lowest BCUT2D eigenvalue weighted by Gasteiger charge is -2.32. The molecule has 5 aromatic rings. The molecule has 0 aromatic carbocycles. The lowest BCUT2D eigenvalue weighted by Crippen LogP contribution is -2.36. The molecule has 0 aliphatic carbocycles. The first-order chi connectivity index (χ1) is 16.0. The van der Waals surface area contributed by atoms with E-state index in [1.807, 2.05) is 0 Å². The van der Waals surface area contributed by atoms with E-state index in [-0.39, 0.29) is 17.4 Å². The van der Waals surface area contributed by atoms with Gasteiger partial charge in [0.05, 0.1) is 28.8 Å². The number of nitrogens with zero attached hydrogens (tertiary/aromatic N) is 7. The summed E-state index contributed by atoms with van der Waals surface area (Å²) in [5.74, 6) is 0.242. The SMILES string of the molecule is FC(F)(F)c1cccn2nc([C@H]3c4nc[nH]c4CCN3c3nnc(-c4ccccn4)o3)cc12. The predicted octanol–water partition coefficient (Wildman–Crippen LogP) is 3.67. The Hall–Kier alpha value is -4.22. The molecular weight excluding hydrogens is 437 g/mol. The smallest absolute Gasteiger partial charge is 0.402 e. The Bertz CT molecular complexity index is 1440. The number of hydrogen-bond acceptors (Lipinski definition) is 7. The Kier molecular flexibility index (Phi) is 4.22. The molecule has 0 amide bonds. The summed E-state index contributed by atoms with van der Waals surface area (Å²) >= 11 is 0. The van der Waals surface area contributed by atoms with Gasteiger partial charge in [0, 0.05) is 31.1 Å². The van der Waals surface area contributed by atoms with Gasteiger partial charge in [0.15, 0.2) is 0 Å². The van der Waals surface area contributed by atoms with Crippen LogP contribution in [-0.2, 0) is 12.6 Å². The third kappa shape index (κ3) is 3.22. The normalized spacial score (nSPS) is 16.3. The van der Waals surface area contributed by atoms with Gasteiger partial charge in [-0.15, -0.1) is 5.10 Å². The second kappa shape index (κ2) is 7.15. The van der Waals surface area contributed by atoms with Crippen molar-refractivity contribution >= 4 is 11.5 Å². The van der Waals surface area contributed by atoms with Crippen molar-refractivity contribution in [3.05, 3.63) is 77.8 Å². The zero-order chi connectivity index (χ0) is 22.6. The van der Waals surface area contributed by atoms with Crippen LogP contribution in [0.3, 0.4) is 0 Å². The lowest BCUT2D eigenvalue weighted by atomic mass is 10.00. The van der Waals surface area contributed by atoms with E-state index in [1.54, 1.807) is 35.6 Å². The molecule has 0 radical (unpaired) electrons. The molecule has 1 N–H and O–H groups in total. The average molecular weight is 452 g/mol. The van der Waals surface area contributed by atoms with Gasteiger partial charge in [-0.25, -0.2) is 9.50 Å². The third-order valence-electron chi connectivity index (χ3n) is 5.58. The highest BCUT2D eigenvalue weighted by Crippen LogP contribution is 2.38. The molecule has 0 fully saturated rings. The van der Waals surface area contributed by atoms with Crippen LogP contribution in [-0.4, -0.2) is 41.3 Å². The number of nitrogens with one attached hydrogen (secondary N) is 1. The van der Waals surface area contributed by atoms with Gasteiger partial charge in [0.2, 0.25) is 0 Å². The minimum absolute atomic E-state index is 0.0395. The highest BCUT2D eigenvalue weighted by Gasteiger charge is 2.38. The van der Waals surface area contributed by atoms with E-state index in [4.69, 9.17) is 4.42 Å². The molecule has 0 bridgehead atoms. The zero-order valence-corrected chi connectivity index (χ0v) is 16.9. The number of hydrogen-bond donors (Lipinski definition) is 1. The maximum absolute atomic E-state index is 13.6. The van der Waals surface area contributed by atoms with E-state index in [1.165, 1.54) is 22.8 Å². The Balaban J connectivity index is 1.47. The molecule has 1 atom stereocenters. The highest BCUT2D eigenvalue weighted by atomic mass is 19.4. The fourth-order valence-electron chi connectivity index (χ4n) is 4.11. The summed E-state index contributed by atoms with van der Waals surface area (Å²) in [5, 5.41) is 12.7. The lowest BCUT2D eigenvalue weighted by molar-refractivity contribution is -0.136. The van der Waals surface area contributed by atoms with Gasteiger partial charge in [-0.05, 0) is 30.3 Å². The monoisotopic (exact) mass is 452 g/mol. The molecule has 166 valence electrons. The van der Waals surface area contributed by atoms with Crippen LogP contribution in [0.5, 0.6) is 0 Å². The summed E-state index contributed by atoms with van der Waals surface area (Å²) in [6, 6.07) is 8.72. The molecule has 0 unspecified atom stereocenters. The Morgan fingerprint density at radius 3 is 2.82 bits per heavy atom. The summed E-state index contributed by atoms with van der Waals surface area (Å²) in [5.41, 5.74) is 1.64. The number of halogens is 3. The Morgan fingerprint density at radius 1 is 1.09 bits per heavy atom. The van der Waals surface area contributed by atoms with Crippen molar-refractivity contribution in [2.75, 3.05) is 11.4 Å². The molecule has 1 aliphatic rings. The number of pyridine rings is 2. The number of anilines is 1. The number of aromatic amines is 1.